The summed E-state index contributed by atoms with van der Waals surface area (Å²) in [5.41, 5.74) is 5.27. The van der Waals surface area contributed by atoms with Crippen molar-refractivity contribution in [1.82, 2.24) is 0 Å². The molecule has 2 N–H and O–H groups in total. The van der Waals surface area contributed by atoms with Crippen molar-refractivity contribution in [2.75, 3.05) is 20.3 Å². The zero-order valence-corrected chi connectivity index (χ0v) is 17.5. The number of benzene rings is 1. The quantitative estimate of drug-likeness (QED) is 0.554. The number of hydrogen-bond donors (Lipinski definition) is 1. The van der Waals surface area contributed by atoms with Crippen LogP contribution in [-0.4, -0.2) is 32.1 Å². The minimum absolute atomic E-state index is 0.0568. The summed E-state index contributed by atoms with van der Waals surface area (Å²) in [5.74, 6) is -1.94. The number of carbonyl (C=O) groups excluding carboxylic acids is 2. The third-order valence-corrected chi connectivity index (χ3v) is 5.27. The number of carbonyl (C=O) groups is 2. The van der Waals surface area contributed by atoms with Gasteiger partial charge in [-0.1, -0.05) is 26.0 Å². The number of nitrogens with two attached hydrogens (primary N) is 1. The van der Waals surface area contributed by atoms with Crippen molar-refractivity contribution in [3.8, 4) is 0 Å². The van der Waals surface area contributed by atoms with Crippen LogP contribution >= 0.6 is 0 Å². The number of ether oxygens (including phenoxy) is 3. The summed E-state index contributed by atoms with van der Waals surface area (Å²) >= 11 is 0. The molecule has 0 saturated heterocycles. The molecule has 9 heteroatoms. The number of ketones is 1. The van der Waals surface area contributed by atoms with Gasteiger partial charge in [0.25, 0.3) is 0 Å². The molecular weight excluding hydrogens is 415 g/mol. The van der Waals surface area contributed by atoms with Crippen LogP contribution in [0.1, 0.15) is 43.7 Å². The molecule has 1 aromatic rings. The average Bonchev–Trinajstić information content (AvgIpc) is 2.65. The number of hydrogen-bond acceptors (Lipinski definition) is 6. The normalized spacial score (nSPS) is 21.0. The Hall–Kier alpha value is -2.81. The molecule has 168 valence electrons. The van der Waals surface area contributed by atoms with Crippen molar-refractivity contribution in [3.05, 3.63) is 58.2 Å². The number of allylic oxidation sites excluding steroid dienone is 2. The highest BCUT2D eigenvalue weighted by molar-refractivity contribution is 6.03. The lowest BCUT2D eigenvalue weighted by Crippen LogP contribution is -2.36. The Labute approximate surface area is 177 Å². The summed E-state index contributed by atoms with van der Waals surface area (Å²) < 4.78 is 54.8. The fraction of sp³-hybridized carbons (Fsp3) is 0.455. The lowest BCUT2D eigenvalue weighted by molar-refractivity contribution is -0.141. The molecule has 0 aromatic heterocycles. The average molecular weight is 439 g/mol. The van der Waals surface area contributed by atoms with Gasteiger partial charge in [0.2, 0.25) is 5.88 Å². The molecule has 1 aliphatic heterocycles. The van der Waals surface area contributed by atoms with E-state index in [1.54, 1.807) is 0 Å². The molecule has 0 spiro atoms. The van der Waals surface area contributed by atoms with Crippen molar-refractivity contribution in [3.63, 3.8) is 0 Å². The molecule has 1 heterocycles. The van der Waals surface area contributed by atoms with Gasteiger partial charge in [0.15, 0.2) is 5.78 Å². The van der Waals surface area contributed by atoms with E-state index < -0.39 is 23.6 Å². The van der Waals surface area contributed by atoms with Crippen molar-refractivity contribution in [2.24, 2.45) is 11.1 Å². The minimum atomic E-state index is -4.51. The summed E-state index contributed by atoms with van der Waals surface area (Å²) in [4.78, 5) is 25.8. The summed E-state index contributed by atoms with van der Waals surface area (Å²) in [6.45, 7) is 3.89. The number of esters is 1. The van der Waals surface area contributed by atoms with E-state index in [1.165, 1.54) is 19.2 Å². The molecular formula is C22H24F3NO5. The van der Waals surface area contributed by atoms with E-state index in [1.807, 2.05) is 13.8 Å². The van der Waals surface area contributed by atoms with Crippen LogP contribution in [-0.2, 0) is 30.0 Å². The van der Waals surface area contributed by atoms with E-state index in [9.17, 15) is 22.8 Å². The maximum absolute atomic E-state index is 13.0. The van der Waals surface area contributed by atoms with Crippen LogP contribution in [0.3, 0.4) is 0 Å². The van der Waals surface area contributed by atoms with Crippen LogP contribution in [0.25, 0.3) is 0 Å². The second-order valence-corrected chi connectivity index (χ2v) is 8.34. The Bertz CT molecular complexity index is 945. The predicted molar refractivity (Wildman–Crippen MR) is 104 cm³/mol. The summed E-state index contributed by atoms with van der Waals surface area (Å²) in [6, 6.07) is 4.30. The molecule has 6 nitrogen and oxygen atoms in total. The van der Waals surface area contributed by atoms with Crippen LogP contribution in [0.15, 0.2) is 47.1 Å². The maximum atomic E-state index is 13.0. The van der Waals surface area contributed by atoms with Crippen molar-refractivity contribution in [1.29, 1.82) is 0 Å². The third-order valence-electron chi connectivity index (χ3n) is 5.27. The highest BCUT2D eigenvalue weighted by Gasteiger charge is 2.45. The van der Waals surface area contributed by atoms with Gasteiger partial charge in [-0.3, -0.25) is 4.79 Å². The zero-order valence-electron chi connectivity index (χ0n) is 17.5. The second-order valence-electron chi connectivity index (χ2n) is 8.34. The van der Waals surface area contributed by atoms with Crippen molar-refractivity contribution >= 4 is 11.8 Å². The second kappa shape index (κ2) is 8.37. The molecule has 3 rings (SSSR count). The van der Waals surface area contributed by atoms with Gasteiger partial charge in [-0.25, -0.2) is 4.79 Å². The zero-order chi connectivity index (χ0) is 23.0. The first-order valence-electron chi connectivity index (χ1n) is 9.71. The largest absolute Gasteiger partial charge is 0.460 e. The summed E-state index contributed by atoms with van der Waals surface area (Å²) in [6.07, 6.45) is -3.91. The molecule has 0 bridgehead atoms. The van der Waals surface area contributed by atoms with Gasteiger partial charge in [-0.15, -0.1) is 0 Å². The number of rotatable bonds is 5. The van der Waals surface area contributed by atoms with Gasteiger partial charge in [0.1, 0.15) is 17.9 Å². The lowest BCUT2D eigenvalue weighted by atomic mass is 9.70. The van der Waals surface area contributed by atoms with Crippen LogP contribution in [0, 0.1) is 5.41 Å². The molecule has 1 atom stereocenters. The number of methoxy groups -OCH3 is 1. The van der Waals surface area contributed by atoms with Gasteiger partial charge in [-0.05, 0) is 23.1 Å². The Morgan fingerprint density at radius 2 is 1.84 bits per heavy atom. The Balaban J connectivity index is 2.09. The van der Waals surface area contributed by atoms with E-state index in [0.717, 1.165) is 12.1 Å². The van der Waals surface area contributed by atoms with Crippen LogP contribution in [0.2, 0.25) is 0 Å². The molecule has 0 unspecified atom stereocenters. The molecule has 0 radical (unpaired) electrons. The first-order valence-corrected chi connectivity index (χ1v) is 9.71. The highest BCUT2D eigenvalue weighted by atomic mass is 19.4. The first kappa shape index (κ1) is 22.9. The number of alkyl halides is 3. The Morgan fingerprint density at radius 1 is 1.19 bits per heavy atom. The topological polar surface area (TPSA) is 87.8 Å². The predicted octanol–water partition coefficient (Wildman–Crippen LogP) is 3.82. The fourth-order valence-electron chi connectivity index (χ4n) is 3.88. The van der Waals surface area contributed by atoms with Gasteiger partial charge in [0.05, 0.1) is 18.1 Å². The van der Waals surface area contributed by atoms with E-state index in [4.69, 9.17) is 19.9 Å². The first-order chi connectivity index (χ1) is 14.4. The molecule has 0 saturated carbocycles. The van der Waals surface area contributed by atoms with Gasteiger partial charge in [0, 0.05) is 25.5 Å². The Kier molecular flexibility index (Phi) is 6.18. The van der Waals surface area contributed by atoms with Crippen LogP contribution in [0.4, 0.5) is 13.2 Å². The van der Waals surface area contributed by atoms with Gasteiger partial charge < -0.3 is 19.9 Å². The molecule has 1 aromatic carbocycles. The monoisotopic (exact) mass is 439 g/mol. The van der Waals surface area contributed by atoms with Gasteiger partial charge >= 0.3 is 12.1 Å². The van der Waals surface area contributed by atoms with Crippen LogP contribution in [0.5, 0.6) is 0 Å². The smallest absolute Gasteiger partial charge is 0.416 e. The fourth-order valence-corrected chi connectivity index (χ4v) is 3.88. The number of halogens is 3. The van der Waals surface area contributed by atoms with Crippen LogP contribution < -0.4 is 5.73 Å². The molecule has 31 heavy (non-hydrogen) atoms. The van der Waals surface area contributed by atoms with E-state index in [2.05, 4.69) is 0 Å². The number of Topliss-reactive ketones (excluding diaryl/α,β-unsaturated/α-hetero) is 1. The molecule has 2 aliphatic rings. The molecule has 0 amide bonds. The minimum Gasteiger partial charge on any atom is -0.460 e. The molecule has 0 fully saturated rings. The third kappa shape index (κ3) is 4.76. The van der Waals surface area contributed by atoms with Crippen molar-refractivity contribution < 1.29 is 37.0 Å². The molecule has 1 aliphatic carbocycles. The summed E-state index contributed by atoms with van der Waals surface area (Å²) in [7, 11) is 1.44. The lowest BCUT2D eigenvalue weighted by Gasteiger charge is -2.38. The van der Waals surface area contributed by atoms with E-state index in [0.29, 0.717) is 17.7 Å². The van der Waals surface area contributed by atoms with Crippen molar-refractivity contribution in [2.45, 2.75) is 38.8 Å². The highest BCUT2D eigenvalue weighted by Crippen LogP contribution is 2.48. The SMILES string of the molecule is COCCOC(=O)C1=C(N)OC2=C(C(=O)CC(C)(C)C2)[C@H]1c1ccc(C(F)(F)F)cc1. The maximum Gasteiger partial charge on any atom is 0.416 e. The van der Waals surface area contributed by atoms with E-state index >= 15 is 0 Å². The van der Waals surface area contributed by atoms with Gasteiger partial charge in [-0.2, -0.15) is 13.2 Å². The summed E-state index contributed by atoms with van der Waals surface area (Å²) in [5, 5.41) is 0. The van der Waals surface area contributed by atoms with E-state index in [-0.39, 0.29) is 47.9 Å². The standard InChI is InChI=1S/C22H24F3NO5/c1-21(2)10-14(27)17-15(11-21)31-19(26)18(20(28)30-9-8-29-3)16(17)12-4-6-13(7-5-12)22(23,24)25/h4-7,16H,8-11,26H2,1-3H3/t16-/m1/s1. The Morgan fingerprint density at radius 3 is 2.42 bits per heavy atom.